The fourth-order valence-corrected chi connectivity index (χ4v) is 4.91. The minimum absolute atomic E-state index is 0.269. The maximum atomic E-state index is 13.0. The molecule has 0 unspecified atom stereocenters. The standard InChI is InChI=1S/C20H37N3O/c1-2-11-21-15-9-19(10-16-21)23-14-7-8-18(17-23)20(24)22-12-5-3-4-6-13-22/h18-19H,2-17H2,1H3/t18-/m0/s1. The average molecular weight is 336 g/mol. The van der Waals surface area contributed by atoms with Crippen molar-refractivity contribution in [3.63, 3.8) is 0 Å². The highest BCUT2D eigenvalue weighted by Gasteiger charge is 2.33. The molecule has 0 N–H and O–H groups in total. The lowest BCUT2D eigenvalue weighted by Crippen LogP contribution is -2.51. The smallest absolute Gasteiger partial charge is 0.226 e. The molecule has 0 aliphatic carbocycles. The Morgan fingerprint density at radius 2 is 1.58 bits per heavy atom. The SMILES string of the molecule is CCCN1CCC(N2CCC[C@H](C(=O)N3CCCCCC3)C2)CC1. The zero-order valence-electron chi connectivity index (χ0n) is 15.7. The maximum absolute atomic E-state index is 13.0. The summed E-state index contributed by atoms with van der Waals surface area (Å²) in [7, 11) is 0. The van der Waals surface area contributed by atoms with Gasteiger partial charge in [-0.1, -0.05) is 19.8 Å². The van der Waals surface area contributed by atoms with Gasteiger partial charge >= 0.3 is 0 Å². The van der Waals surface area contributed by atoms with Gasteiger partial charge in [-0.05, 0) is 71.1 Å². The minimum atomic E-state index is 0.269. The van der Waals surface area contributed by atoms with E-state index in [0.717, 1.165) is 32.1 Å². The number of carbonyl (C=O) groups excluding carboxylic acids is 1. The summed E-state index contributed by atoms with van der Waals surface area (Å²) in [5, 5.41) is 0. The summed E-state index contributed by atoms with van der Waals surface area (Å²) in [6.07, 6.45) is 11.2. The number of hydrogen-bond donors (Lipinski definition) is 0. The Balaban J connectivity index is 1.50. The molecule has 1 amide bonds. The highest BCUT2D eigenvalue weighted by molar-refractivity contribution is 5.79. The van der Waals surface area contributed by atoms with Crippen molar-refractivity contribution in [2.75, 3.05) is 45.8 Å². The monoisotopic (exact) mass is 335 g/mol. The van der Waals surface area contributed by atoms with E-state index in [0.29, 0.717) is 5.91 Å². The van der Waals surface area contributed by atoms with Gasteiger partial charge in [-0.25, -0.2) is 0 Å². The molecule has 3 saturated heterocycles. The summed E-state index contributed by atoms with van der Waals surface area (Å²) < 4.78 is 0. The highest BCUT2D eigenvalue weighted by atomic mass is 16.2. The molecule has 24 heavy (non-hydrogen) atoms. The van der Waals surface area contributed by atoms with Crippen LogP contribution in [0.25, 0.3) is 0 Å². The van der Waals surface area contributed by atoms with Crippen LogP contribution in [-0.2, 0) is 4.79 Å². The molecule has 1 atom stereocenters. The van der Waals surface area contributed by atoms with Gasteiger partial charge < -0.3 is 9.80 Å². The fourth-order valence-electron chi connectivity index (χ4n) is 4.91. The summed E-state index contributed by atoms with van der Waals surface area (Å²) in [6.45, 7) is 10.3. The summed E-state index contributed by atoms with van der Waals surface area (Å²) in [5.74, 6) is 0.732. The quantitative estimate of drug-likeness (QED) is 0.790. The Bertz CT molecular complexity index is 384. The third-order valence-corrected chi connectivity index (χ3v) is 6.33. The van der Waals surface area contributed by atoms with Gasteiger partial charge in [0.25, 0.3) is 0 Å². The Labute approximate surface area is 148 Å². The lowest BCUT2D eigenvalue weighted by atomic mass is 9.92. The van der Waals surface area contributed by atoms with Gasteiger partial charge in [0, 0.05) is 25.7 Å². The van der Waals surface area contributed by atoms with Crippen LogP contribution in [0.4, 0.5) is 0 Å². The summed E-state index contributed by atoms with van der Waals surface area (Å²) in [4.78, 5) is 20.4. The summed E-state index contributed by atoms with van der Waals surface area (Å²) in [5.41, 5.74) is 0. The van der Waals surface area contributed by atoms with Crippen LogP contribution in [0.15, 0.2) is 0 Å². The molecule has 0 bridgehead atoms. The van der Waals surface area contributed by atoms with Crippen LogP contribution >= 0.6 is 0 Å². The molecule has 3 aliphatic heterocycles. The van der Waals surface area contributed by atoms with E-state index in [-0.39, 0.29) is 5.92 Å². The number of amides is 1. The first-order chi connectivity index (χ1) is 11.8. The molecular weight excluding hydrogens is 298 g/mol. The molecule has 3 fully saturated rings. The van der Waals surface area contributed by atoms with Gasteiger partial charge in [-0.3, -0.25) is 9.69 Å². The molecule has 0 saturated carbocycles. The van der Waals surface area contributed by atoms with E-state index in [1.165, 1.54) is 77.5 Å². The second-order valence-electron chi connectivity index (χ2n) is 8.15. The van der Waals surface area contributed by atoms with Gasteiger partial charge in [0.05, 0.1) is 5.92 Å². The van der Waals surface area contributed by atoms with E-state index >= 15 is 0 Å². The predicted molar refractivity (Wildman–Crippen MR) is 99.1 cm³/mol. The molecule has 138 valence electrons. The number of nitrogens with zero attached hydrogens (tertiary/aromatic N) is 3. The number of rotatable bonds is 4. The minimum Gasteiger partial charge on any atom is -0.342 e. The predicted octanol–water partition coefficient (Wildman–Crippen LogP) is 2.98. The largest absolute Gasteiger partial charge is 0.342 e. The van der Waals surface area contributed by atoms with Crippen LogP contribution in [0.5, 0.6) is 0 Å². The molecule has 3 aliphatic rings. The van der Waals surface area contributed by atoms with Crippen molar-refractivity contribution >= 4 is 5.91 Å². The lowest BCUT2D eigenvalue weighted by Gasteiger charge is -2.42. The van der Waals surface area contributed by atoms with Gasteiger partial charge in [0.15, 0.2) is 0 Å². The van der Waals surface area contributed by atoms with Crippen molar-refractivity contribution < 1.29 is 4.79 Å². The fraction of sp³-hybridized carbons (Fsp3) is 0.950. The molecule has 0 aromatic heterocycles. The van der Waals surface area contributed by atoms with Crippen LogP contribution in [0.1, 0.15) is 64.7 Å². The molecule has 0 spiro atoms. The van der Waals surface area contributed by atoms with Crippen LogP contribution in [0.2, 0.25) is 0 Å². The van der Waals surface area contributed by atoms with E-state index < -0.39 is 0 Å². The maximum Gasteiger partial charge on any atom is 0.226 e. The molecule has 3 rings (SSSR count). The molecule has 3 heterocycles. The van der Waals surface area contributed by atoms with Gasteiger partial charge in [-0.15, -0.1) is 0 Å². The van der Waals surface area contributed by atoms with Crippen molar-refractivity contribution in [1.82, 2.24) is 14.7 Å². The molecule has 4 nitrogen and oxygen atoms in total. The van der Waals surface area contributed by atoms with Crippen LogP contribution in [0, 0.1) is 5.92 Å². The number of hydrogen-bond acceptors (Lipinski definition) is 3. The van der Waals surface area contributed by atoms with Gasteiger partial charge in [-0.2, -0.15) is 0 Å². The average Bonchev–Trinajstić information content (AvgIpc) is 2.91. The Morgan fingerprint density at radius 1 is 0.875 bits per heavy atom. The molecular formula is C20H37N3O. The first-order valence-electron chi connectivity index (χ1n) is 10.5. The first-order valence-corrected chi connectivity index (χ1v) is 10.5. The molecule has 4 heteroatoms. The number of likely N-dealkylation sites (tertiary alicyclic amines) is 3. The summed E-state index contributed by atoms with van der Waals surface area (Å²) in [6, 6.07) is 0.720. The second kappa shape index (κ2) is 9.19. The van der Waals surface area contributed by atoms with Gasteiger partial charge in [0.1, 0.15) is 0 Å². The number of carbonyl (C=O) groups is 1. The highest BCUT2D eigenvalue weighted by Crippen LogP contribution is 2.26. The van der Waals surface area contributed by atoms with Crippen molar-refractivity contribution in [2.45, 2.75) is 70.8 Å². The van der Waals surface area contributed by atoms with Crippen LogP contribution in [-0.4, -0.2) is 72.5 Å². The Morgan fingerprint density at radius 3 is 2.25 bits per heavy atom. The third kappa shape index (κ3) is 4.72. The van der Waals surface area contributed by atoms with E-state index in [9.17, 15) is 4.79 Å². The van der Waals surface area contributed by atoms with Crippen molar-refractivity contribution in [3.05, 3.63) is 0 Å². The van der Waals surface area contributed by atoms with Gasteiger partial charge in [0.2, 0.25) is 5.91 Å². The normalized spacial score (nSPS) is 28.7. The first kappa shape index (κ1) is 18.2. The zero-order valence-corrected chi connectivity index (χ0v) is 15.7. The third-order valence-electron chi connectivity index (χ3n) is 6.33. The zero-order chi connectivity index (χ0) is 16.8. The lowest BCUT2D eigenvalue weighted by molar-refractivity contribution is -0.137. The van der Waals surface area contributed by atoms with E-state index in [2.05, 4.69) is 21.6 Å². The molecule has 0 aromatic rings. The van der Waals surface area contributed by atoms with Crippen LogP contribution < -0.4 is 0 Å². The molecule has 0 radical (unpaired) electrons. The second-order valence-corrected chi connectivity index (χ2v) is 8.15. The van der Waals surface area contributed by atoms with E-state index in [1.54, 1.807) is 0 Å². The molecule has 0 aromatic carbocycles. The van der Waals surface area contributed by atoms with Crippen molar-refractivity contribution in [3.8, 4) is 0 Å². The van der Waals surface area contributed by atoms with Crippen LogP contribution in [0.3, 0.4) is 0 Å². The van der Waals surface area contributed by atoms with E-state index in [4.69, 9.17) is 0 Å². The van der Waals surface area contributed by atoms with Crippen molar-refractivity contribution in [1.29, 1.82) is 0 Å². The Kier molecular flexibility index (Phi) is 6.96. The summed E-state index contributed by atoms with van der Waals surface area (Å²) >= 11 is 0. The topological polar surface area (TPSA) is 26.8 Å². The van der Waals surface area contributed by atoms with E-state index in [1.807, 2.05) is 0 Å². The number of piperidine rings is 2. The Hall–Kier alpha value is -0.610. The van der Waals surface area contributed by atoms with Crippen molar-refractivity contribution in [2.24, 2.45) is 5.92 Å².